The van der Waals surface area contributed by atoms with Crippen molar-refractivity contribution in [2.45, 2.75) is 234 Å². The van der Waals surface area contributed by atoms with E-state index >= 15 is 14.4 Å². The number of cyclic esters (lactones) is 1. The Morgan fingerprint density at radius 1 is 0.706 bits per heavy atom. The Bertz CT molecular complexity index is 2420. The van der Waals surface area contributed by atoms with Gasteiger partial charge in [-0.15, -0.1) is 0 Å². The second-order valence-electron chi connectivity index (χ2n) is 26.1. The van der Waals surface area contributed by atoms with Gasteiger partial charge in [0.05, 0.1) is 0 Å². The third-order valence-corrected chi connectivity index (χ3v) is 17.7. The summed E-state index contributed by atoms with van der Waals surface area (Å²) in [5.74, 6) is -9.47. The normalized spacial score (nSPS) is 27.8. The minimum absolute atomic E-state index is 0.0694. The fourth-order valence-corrected chi connectivity index (χ4v) is 12.8. The van der Waals surface area contributed by atoms with Crippen LogP contribution >= 0.6 is 0 Å². The number of amides is 10. The van der Waals surface area contributed by atoms with E-state index in [0.29, 0.717) is 32.1 Å². The SMILES string of the molecule is CCCCCC1C(=O)NCC(=O)OC(C)C(N(C)C(=O)C2CC(CC)CN2C(=O)C(C(C)C)N(C)C(=O)C(=O)CC)C(=O)NC(CC(C)C)C(=O)N2CC(C)CC2C(=O)NC(CCC(C)C)C(=O)N(C)C(C(C)C)C(=O)N2CCCC2C(=O)N1C. The molecule has 0 radical (unpaired) electrons. The molecule has 4 rings (SSSR count). The Hall–Kier alpha value is -6.16. The van der Waals surface area contributed by atoms with E-state index in [4.69, 9.17) is 4.74 Å². The van der Waals surface area contributed by atoms with Gasteiger partial charge in [0.1, 0.15) is 67.0 Å². The maximum Gasteiger partial charge on any atom is 0.325 e. The van der Waals surface area contributed by atoms with Crippen molar-refractivity contribution in [3.8, 4) is 0 Å². The molecule has 85 heavy (non-hydrogen) atoms. The molecule has 3 N–H and O–H groups in total. The average molecular weight is 1200 g/mol. The minimum atomic E-state index is -1.67. The molecule has 0 aromatic heterocycles. The van der Waals surface area contributed by atoms with Crippen LogP contribution in [0.15, 0.2) is 0 Å². The number of nitrogens with one attached hydrogen (secondary N) is 3. The number of carbonyl (C=O) groups excluding carboxylic acids is 12. The lowest BCUT2D eigenvalue weighted by molar-refractivity contribution is -0.160. The fourth-order valence-electron chi connectivity index (χ4n) is 12.8. The van der Waals surface area contributed by atoms with E-state index in [1.54, 1.807) is 34.6 Å². The van der Waals surface area contributed by atoms with Crippen LogP contribution in [0.2, 0.25) is 0 Å². The number of nitrogens with zero attached hydrogens (tertiary/aromatic N) is 7. The molecule has 0 aromatic carbocycles. The molecule has 23 heteroatoms. The molecule has 480 valence electrons. The van der Waals surface area contributed by atoms with Crippen LogP contribution in [0.25, 0.3) is 0 Å². The van der Waals surface area contributed by atoms with Crippen molar-refractivity contribution in [3.63, 3.8) is 0 Å². The van der Waals surface area contributed by atoms with E-state index in [1.807, 2.05) is 48.5 Å². The number of hydrogen-bond donors (Lipinski definition) is 3. The summed E-state index contributed by atoms with van der Waals surface area (Å²) in [6.45, 7) is 23.2. The molecule has 0 saturated carbocycles. The molecule has 12 atom stereocenters. The number of likely N-dealkylation sites (N-methyl/N-ethyl adjacent to an activating group) is 4. The predicted octanol–water partition coefficient (Wildman–Crippen LogP) is 3.53. The van der Waals surface area contributed by atoms with E-state index in [-0.39, 0.29) is 81.8 Å². The maximum atomic E-state index is 15.3. The summed E-state index contributed by atoms with van der Waals surface area (Å²) in [6, 6.07) is -10.6. The molecule has 4 aliphatic heterocycles. The standard InChI is InChI=1S/C62H104N10O13/c1-18-21-22-24-44-53(75)63-32-49(74)85-40(13)52(69(17)59(81)47-31-41(19-2)34-72(47)62(84)51(38(10)11)68(16)60(82)48(73)20-3)55(77)65-43(29-36(6)7)57(79)71-33-39(12)30-46(71)54(76)64-42(27-26-35(4)5)56(78)67(15)50(37(8)9)61(83)70-28-23-25-45(70)58(80)66(44)14/h35-47,50-52H,18-34H2,1-17H3,(H,63,75)(H,64,76)(H,65,77). The minimum Gasteiger partial charge on any atom is -0.459 e. The molecular weight excluding hydrogens is 1090 g/mol. The Morgan fingerprint density at radius 2 is 1.35 bits per heavy atom. The molecule has 4 heterocycles. The van der Waals surface area contributed by atoms with Crippen molar-refractivity contribution in [3.05, 3.63) is 0 Å². The highest BCUT2D eigenvalue weighted by atomic mass is 16.5. The number of carbonyl (C=O) groups is 12. The van der Waals surface area contributed by atoms with Gasteiger partial charge >= 0.3 is 5.97 Å². The van der Waals surface area contributed by atoms with E-state index < -0.39 is 150 Å². The van der Waals surface area contributed by atoms with Gasteiger partial charge in [-0.25, -0.2) is 0 Å². The Balaban J connectivity index is 1.89. The van der Waals surface area contributed by atoms with Gasteiger partial charge in [0.15, 0.2) is 0 Å². The van der Waals surface area contributed by atoms with Gasteiger partial charge in [0.25, 0.3) is 5.91 Å². The van der Waals surface area contributed by atoms with Gasteiger partial charge in [-0.05, 0) is 93.8 Å². The topological polar surface area (TPSA) is 273 Å². The largest absolute Gasteiger partial charge is 0.459 e. The van der Waals surface area contributed by atoms with E-state index in [0.717, 1.165) is 22.6 Å². The van der Waals surface area contributed by atoms with E-state index in [1.165, 1.54) is 59.6 Å². The van der Waals surface area contributed by atoms with E-state index in [9.17, 15) is 43.2 Å². The number of Topliss-reactive ketones (excluding diaryl/α,β-unsaturated/α-hetero) is 1. The smallest absolute Gasteiger partial charge is 0.325 e. The molecule has 0 spiro atoms. The maximum absolute atomic E-state index is 15.3. The summed E-state index contributed by atoms with van der Waals surface area (Å²) in [7, 11) is 5.72. The summed E-state index contributed by atoms with van der Waals surface area (Å²) < 4.78 is 5.96. The first kappa shape index (κ1) is 71.3. The summed E-state index contributed by atoms with van der Waals surface area (Å²) in [4.78, 5) is 183. The van der Waals surface area contributed by atoms with Gasteiger partial charge in [-0.3, -0.25) is 57.5 Å². The molecule has 0 aliphatic carbocycles. The lowest BCUT2D eigenvalue weighted by Crippen LogP contribution is -2.62. The Kier molecular flexibility index (Phi) is 26.9. The first-order chi connectivity index (χ1) is 39.8. The molecule has 4 saturated heterocycles. The highest BCUT2D eigenvalue weighted by Crippen LogP contribution is 2.32. The average Bonchev–Trinajstić information content (AvgIpc) is 2.54. The number of ether oxygens (including phenoxy) is 1. The van der Waals surface area contributed by atoms with Crippen molar-refractivity contribution in [2.24, 2.45) is 35.5 Å². The highest BCUT2D eigenvalue weighted by molar-refractivity contribution is 6.36. The zero-order chi connectivity index (χ0) is 64.1. The Labute approximate surface area is 505 Å². The van der Waals surface area contributed by atoms with Gasteiger partial charge in [0, 0.05) is 54.2 Å². The van der Waals surface area contributed by atoms with Crippen LogP contribution in [-0.2, 0) is 62.3 Å². The zero-order valence-electron chi connectivity index (χ0n) is 54.2. The van der Waals surface area contributed by atoms with Crippen molar-refractivity contribution in [1.82, 2.24) is 50.2 Å². The van der Waals surface area contributed by atoms with Crippen LogP contribution in [0, 0.1) is 35.5 Å². The summed E-state index contributed by atoms with van der Waals surface area (Å²) >= 11 is 0. The van der Waals surface area contributed by atoms with Gasteiger partial charge in [-0.2, -0.15) is 0 Å². The van der Waals surface area contributed by atoms with Crippen molar-refractivity contribution in [1.29, 1.82) is 0 Å². The lowest BCUT2D eigenvalue weighted by Gasteiger charge is -2.38. The molecular formula is C62H104N10O13. The Morgan fingerprint density at radius 3 is 1.93 bits per heavy atom. The number of ketones is 1. The van der Waals surface area contributed by atoms with Crippen LogP contribution < -0.4 is 16.0 Å². The van der Waals surface area contributed by atoms with Crippen LogP contribution in [-0.4, -0.2) is 220 Å². The van der Waals surface area contributed by atoms with Crippen molar-refractivity contribution >= 4 is 70.8 Å². The number of hydrogen-bond acceptors (Lipinski definition) is 13. The van der Waals surface area contributed by atoms with Crippen molar-refractivity contribution in [2.75, 3.05) is 54.4 Å². The molecule has 4 aliphatic rings. The lowest BCUT2D eigenvalue weighted by atomic mass is 9.97. The third-order valence-electron chi connectivity index (χ3n) is 17.7. The second kappa shape index (κ2) is 32.0. The molecule has 4 fully saturated rings. The quantitative estimate of drug-likeness (QED) is 0.101. The van der Waals surface area contributed by atoms with Crippen LogP contribution in [0.3, 0.4) is 0 Å². The predicted molar refractivity (Wildman–Crippen MR) is 319 cm³/mol. The first-order valence-electron chi connectivity index (χ1n) is 31.4. The molecule has 0 bridgehead atoms. The molecule has 12 unspecified atom stereocenters. The monoisotopic (exact) mass is 1200 g/mol. The van der Waals surface area contributed by atoms with Crippen molar-refractivity contribution < 1.29 is 62.3 Å². The fraction of sp³-hybridized carbons (Fsp3) is 0.806. The number of rotatable bonds is 18. The summed E-state index contributed by atoms with van der Waals surface area (Å²) in [5.41, 5.74) is 0. The summed E-state index contributed by atoms with van der Waals surface area (Å²) in [5, 5.41) is 8.49. The van der Waals surface area contributed by atoms with Crippen LogP contribution in [0.1, 0.15) is 173 Å². The third kappa shape index (κ3) is 17.7. The number of likely N-dealkylation sites (tertiary alicyclic amines) is 1. The second-order valence-corrected chi connectivity index (χ2v) is 26.1. The number of fused-ring (bicyclic) bond motifs is 2. The molecule has 10 amide bonds. The molecule has 23 nitrogen and oxygen atoms in total. The zero-order valence-corrected chi connectivity index (χ0v) is 54.2. The van der Waals surface area contributed by atoms with Gasteiger partial charge in [0.2, 0.25) is 58.9 Å². The molecule has 0 aromatic rings. The first-order valence-corrected chi connectivity index (χ1v) is 31.4. The van der Waals surface area contributed by atoms with Crippen LogP contribution in [0.4, 0.5) is 0 Å². The highest BCUT2D eigenvalue weighted by Gasteiger charge is 2.50. The summed E-state index contributed by atoms with van der Waals surface area (Å²) in [6.07, 6.45) is 3.27. The number of esters is 1. The van der Waals surface area contributed by atoms with Gasteiger partial charge < -0.3 is 55.0 Å². The number of unbranched alkanes of at least 4 members (excludes halogenated alkanes) is 2. The van der Waals surface area contributed by atoms with Crippen LogP contribution in [0.5, 0.6) is 0 Å². The van der Waals surface area contributed by atoms with E-state index in [2.05, 4.69) is 16.0 Å². The van der Waals surface area contributed by atoms with Gasteiger partial charge in [-0.1, -0.05) is 109 Å².